The molecule has 0 saturated heterocycles. The predicted octanol–water partition coefficient (Wildman–Crippen LogP) is 3.75. The topological polar surface area (TPSA) is 12.0 Å². The summed E-state index contributed by atoms with van der Waals surface area (Å²) in [5.74, 6) is 0. The number of rotatable bonds is 3. The molecule has 0 saturated carbocycles. The van der Waals surface area contributed by atoms with E-state index in [1.165, 1.54) is 22.3 Å². The third-order valence-electron chi connectivity index (χ3n) is 2.80. The molecule has 0 aliphatic carbocycles. The molecule has 1 aromatic carbocycles. The van der Waals surface area contributed by atoms with Crippen molar-refractivity contribution in [3.8, 4) is 0 Å². The summed E-state index contributed by atoms with van der Waals surface area (Å²) in [6.45, 7) is 15.4. The van der Waals surface area contributed by atoms with Gasteiger partial charge in [-0.3, -0.25) is 0 Å². The SMILES string of the molecule is Cc1cc(C)c(CNCC(C)(C)C)c(C)c1. The Morgan fingerprint density at radius 1 is 1.00 bits per heavy atom. The maximum Gasteiger partial charge on any atom is 0.0210 e. The van der Waals surface area contributed by atoms with Crippen molar-refractivity contribution in [2.45, 2.75) is 48.1 Å². The van der Waals surface area contributed by atoms with Crippen molar-refractivity contribution in [2.24, 2.45) is 5.41 Å². The molecule has 0 atom stereocenters. The number of benzene rings is 1. The van der Waals surface area contributed by atoms with Crippen LogP contribution in [-0.4, -0.2) is 6.54 Å². The van der Waals surface area contributed by atoms with E-state index >= 15 is 0 Å². The summed E-state index contributed by atoms with van der Waals surface area (Å²) in [5.41, 5.74) is 5.97. The zero-order valence-corrected chi connectivity index (χ0v) is 11.6. The Balaban J connectivity index is 2.68. The van der Waals surface area contributed by atoms with Crippen molar-refractivity contribution < 1.29 is 0 Å². The molecule has 1 nitrogen and oxygen atoms in total. The highest BCUT2D eigenvalue weighted by molar-refractivity contribution is 5.37. The molecule has 0 radical (unpaired) electrons. The Kier molecular flexibility index (Phi) is 4.15. The Morgan fingerprint density at radius 2 is 1.50 bits per heavy atom. The summed E-state index contributed by atoms with van der Waals surface area (Å²) in [4.78, 5) is 0. The Hall–Kier alpha value is -0.820. The molecule has 0 heterocycles. The van der Waals surface area contributed by atoms with Gasteiger partial charge in [0.2, 0.25) is 0 Å². The van der Waals surface area contributed by atoms with Crippen molar-refractivity contribution in [3.63, 3.8) is 0 Å². The summed E-state index contributed by atoms with van der Waals surface area (Å²) in [5, 5.41) is 3.54. The molecular formula is C15H25N. The van der Waals surface area contributed by atoms with E-state index in [1.807, 2.05) is 0 Å². The first-order valence-electron chi connectivity index (χ1n) is 6.07. The van der Waals surface area contributed by atoms with Crippen LogP contribution in [0.15, 0.2) is 12.1 Å². The first-order chi connectivity index (χ1) is 7.29. The van der Waals surface area contributed by atoms with Crippen LogP contribution in [0.4, 0.5) is 0 Å². The number of hydrogen-bond acceptors (Lipinski definition) is 1. The maximum atomic E-state index is 3.54. The minimum Gasteiger partial charge on any atom is -0.312 e. The van der Waals surface area contributed by atoms with E-state index < -0.39 is 0 Å². The fourth-order valence-corrected chi connectivity index (χ4v) is 2.05. The van der Waals surface area contributed by atoms with E-state index in [4.69, 9.17) is 0 Å². The van der Waals surface area contributed by atoms with Crippen LogP contribution < -0.4 is 5.32 Å². The molecule has 0 aliphatic rings. The van der Waals surface area contributed by atoms with Crippen molar-refractivity contribution >= 4 is 0 Å². The molecule has 1 N–H and O–H groups in total. The monoisotopic (exact) mass is 219 g/mol. The Bertz CT molecular complexity index is 335. The average Bonchev–Trinajstić information content (AvgIpc) is 2.07. The van der Waals surface area contributed by atoms with Crippen molar-refractivity contribution in [1.29, 1.82) is 0 Å². The molecule has 0 unspecified atom stereocenters. The molecule has 0 aromatic heterocycles. The fourth-order valence-electron chi connectivity index (χ4n) is 2.05. The van der Waals surface area contributed by atoms with E-state index in [9.17, 15) is 0 Å². The molecule has 1 rings (SSSR count). The van der Waals surface area contributed by atoms with Gasteiger partial charge in [-0.05, 0) is 42.9 Å². The highest BCUT2D eigenvalue weighted by Crippen LogP contribution is 2.17. The lowest BCUT2D eigenvalue weighted by molar-refractivity contribution is 0.379. The molecule has 16 heavy (non-hydrogen) atoms. The zero-order valence-electron chi connectivity index (χ0n) is 11.6. The van der Waals surface area contributed by atoms with Gasteiger partial charge in [0.1, 0.15) is 0 Å². The van der Waals surface area contributed by atoms with Crippen LogP contribution in [0.3, 0.4) is 0 Å². The third-order valence-corrected chi connectivity index (χ3v) is 2.80. The largest absolute Gasteiger partial charge is 0.312 e. The van der Waals surface area contributed by atoms with Gasteiger partial charge in [0, 0.05) is 13.1 Å². The van der Waals surface area contributed by atoms with E-state index in [-0.39, 0.29) is 0 Å². The van der Waals surface area contributed by atoms with Crippen LogP contribution in [0.5, 0.6) is 0 Å². The van der Waals surface area contributed by atoms with Gasteiger partial charge < -0.3 is 5.32 Å². The molecule has 90 valence electrons. The van der Waals surface area contributed by atoms with Gasteiger partial charge >= 0.3 is 0 Å². The molecule has 0 aliphatic heterocycles. The van der Waals surface area contributed by atoms with Crippen LogP contribution in [0.25, 0.3) is 0 Å². The second-order valence-electron chi connectivity index (χ2n) is 6.04. The minimum absolute atomic E-state index is 0.354. The number of nitrogens with one attached hydrogen (secondary N) is 1. The fraction of sp³-hybridized carbons (Fsp3) is 0.600. The smallest absolute Gasteiger partial charge is 0.0210 e. The first-order valence-corrected chi connectivity index (χ1v) is 6.07. The van der Waals surface area contributed by atoms with Gasteiger partial charge in [-0.25, -0.2) is 0 Å². The summed E-state index contributed by atoms with van der Waals surface area (Å²) in [7, 11) is 0. The number of hydrogen-bond donors (Lipinski definition) is 1. The quantitative estimate of drug-likeness (QED) is 0.816. The highest BCUT2D eigenvalue weighted by Gasteiger charge is 2.10. The van der Waals surface area contributed by atoms with E-state index in [2.05, 4.69) is 59.0 Å². The first kappa shape index (κ1) is 13.2. The van der Waals surface area contributed by atoms with Gasteiger partial charge in [0.25, 0.3) is 0 Å². The van der Waals surface area contributed by atoms with Gasteiger partial charge in [0.05, 0.1) is 0 Å². The zero-order chi connectivity index (χ0) is 12.3. The van der Waals surface area contributed by atoms with Crippen LogP contribution in [0, 0.1) is 26.2 Å². The van der Waals surface area contributed by atoms with E-state index in [0.29, 0.717) is 5.41 Å². The molecule has 1 heteroatoms. The predicted molar refractivity (Wildman–Crippen MR) is 71.8 cm³/mol. The second kappa shape index (κ2) is 5.01. The van der Waals surface area contributed by atoms with Crippen LogP contribution in [0.2, 0.25) is 0 Å². The molecule has 0 fully saturated rings. The lowest BCUT2D eigenvalue weighted by atomic mass is 9.96. The highest BCUT2D eigenvalue weighted by atomic mass is 14.9. The summed E-state index contributed by atoms with van der Waals surface area (Å²) >= 11 is 0. The molecule has 0 amide bonds. The Labute approximate surface area is 100 Å². The normalized spacial score (nSPS) is 11.9. The number of aryl methyl sites for hydroxylation is 3. The minimum atomic E-state index is 0.354. The van der Waals surface area contributed by atoms with Crippen LogP contribution in [-0.2, 0) is 6.54 Å². The van der Waals surface area contributed by atoms with Gasteiger partial charge in [-0.2, -0.15) is 0 Å². The van der Waals surface area contributed by atoms with Crippen molar-refractivity contribution in [3.05, 3.63) is 34.4 Å². The van der Waals surface area contributed by atoms with Crippen molar-refractivity contribution in [2.75, 3.05) is 6.54 Å². The molecule has 0 spiro atoms. The van der Waals surface area contributed by atoms with E-state index in [0.717, 1.165) is 13.1 Å². The second-order valence-corrected chi connectivity index (χ2v) is 6.04. The maximum absolute atomic E-state index is 3.54. The van der Waals surface area contributed by atoms with Crippen molar-refractivity contribution in [1.82, 2.24) is 5.32 Å². The van der Waals surface area contributed by atoms with Gasteiger partial charge in [-0.15, -0.1) is 0 Å². The summed E-state index contributed by atoms with van der Waals surface area (Å²) in [6.07, 6.45) is 0. The lowest BCUT2D eigenvalue weighted by Crippen LogP contribution is -2.27. The van der Waals surface area contributed by atoms with E-state index in [1.54, 1.807) is 0 Å². The standard InChI is InChI=1S/C15H25N/c1-11-7-12(2)14(13(3)8-11)9-16-10-15(4,5)6/h7-8,16H,9-10H2,1-6H3. The average molecular weight is 219 g/mol. The Morgan fingerprint density at radius 3 is 1.94 bits per heavy atom. The molecule has 0 bridgehead atoms. The third kappa shape index (κ3) is 3.97. The summed E-state index contributed by atoms with van der Waals surface area (Å²) < 4.78 is 0. The van der Waals surface area contributed by atoms with Gasteiger partial charge in [-0.1, -0.05) is 38.5 Å². The molecular weight excluding hydrogens is 194 g/mol. The van der Waals surface area contributed by atoms with Crippen LogP contribution in [0.1, 0.15) is 43.0 Å². The molecule has 1 aromatic rings. The lowest BCUT2D eigenvalue weighted by Gasteiger charge is -2.20. The summed E-state index contributed by atoms with van der Waals surface area (Å²) in [6, 6.07) is 4.53. The van der Waals surface area contributed by atoms with Gasteiger partial charge in [0.15, 0.2) is 0 Å². The van der Waals surface area contributed by atoms with Crippen LogP contribution >= 0.6 is 0 Å².